The van der Waals surface area contributed by atoms with Crippen molar-refractivity contribution in [3.8, 4) is 0 Å². The summed E-state index contributed by atoms with van der Waals surface area (Å²) in [6.07, 6.45) is 0.114. The van der Waals surface area contributed by atoms with Gasteiger partial charge in [-0.1, -0.05) is 32.0 Å². The molecule has 1 aromatic carbocycles. The van der Waals surface area contributed by atoms with Crippen molar-refractivity contribution >= 4 is 16.1 Å². The fourth-order valence-electron chi connectivity index (χ4n) is 2.00. The number of alkyl carbamates (subject to hydrolysis) is 1. The summed E-state index contributed by atoms with van der Waals surface area (Å²) in [5.74, 6) is 0.313. The molecule has 0 saturated carbocycles. The van der Waals surface area contributed by atoms with Crippen LogP contribution in [0.1, 0.15) is 27.2 Å². The first-order valence-corrected chi connectivity index (χ1v) is 8.81. The summed E-state index contributed by atoms with van der Waals surface area (Å²) < 4.78 is 31.7. The van der Waals surface area contributed by atoms with E-state index < -0.39 is 16.1 Å². The summed E-state index contributed by atoms with van der Waals surface area (Å²) in [4.78, 5) is 11.7. The van der Waals surface area contributed by atoms with Gasteiger partial charge in [0.2, 0.25) is 10.0 Å². The fraction of sp³-hybridized carbons (Fsp3) is 0.533. The number of rotatable bonds is 8. The Labute approximate surface area is 132 Å². The van der Waals surface area contributed by atoms with Gasteiger partial charge in [0, 0.05) is 12.6 Å². The predicted molar refractivity (Wildman–Crippen MR) is 85.0 cm³/mol. The van der Waals surface area contributed by atoms with Gasteiger partial charge in [0.05, 0.1) is 11.5 Å². The van der Waals surface area contributed by atoms with Crippen LogP contribution < -0.4 is 10.0 Å². The van der Waals surface area contributed by atoms with Crippen LogP contribution in [0, 0.1) is 5.92 Å². The minimum atomic E-state index is -3.58. The monoisotopic (exact) mass is 328 g/mol. The van der Waals surface area contributed by atoms with E-state index in [0.29, 0.717) is 12.3 Å². The van der Waals surface area contributed by atoms with E-state index in [1.165, 1.54) is 12.1 Å². The van der Waals surface area contributed by atoms with Gasteiger partial charge in [0.15, 0.2) is 0 Å². The van der Waals surface area contributed by atoms with Gasteiger partial charge >= 0.3 is 6.09 Å². The highest BCUT2D eigenvalue weighted by Crippen LogP contribution is 2.09. The first kappa shape index (κ1) is 18.4. The van der Waals surface area contributed by atoms with Crippen molar-refractivity contribution in [1.82, 2.24) is 10.0 Å². The van der Waals surface area contributed by atoms with Gasteiger partial charge in [-0.2, -0.15) is 0 Å². The molecule has 2 N–H and O–H groups in total. The zero-order valence-corrected chi connectivity index (χ0v) is 14.0. The Kier molecular flexibility index (Phi) is 7.34. The number of hydrogen-bond acceptors (Lipinski definition) is 4. The molecule has 0 aliphatic carbocycles. The van der Waals surface area contributed by atoms with Crippen molar-refractivity contribution < 1.29 is 17.9 Å². The molecule has 0 aliphatic heterocycles. The third-order valence-corrected chi connectivity index (χ3v) is 4.37. The standard InChI is InChI=1S/C15H24N2O4S/c1-4-21-15(18)17-13(10-12(2)3)11-16-22(19,20)14-8-6-5-7-9-14/h5-9,12-13,16H,4,10-11H2,1-3H3,(H,17,18)/t13-/m0/s1. The average Bonchev–Trinajstić information content (AvgIpc) is 2.45. The maximum Gasteiger partial charge on any atom is 0.407 e. The van der Waals surface area contributed by atoms with Gasteiger partial charge < -0.3 is 10.1 Å². The van der Waals surface area contributed by atoms with Gasteiger partial charge in [-0.05, 0) is 31.4 Å². The van der Waals surface area contributed by atoms with Crippen molar-refractivity contribution in [1.29, 1.82) is 0 Å². The number of nitrogens with one attached hydrogen (secondary N) is 2. The zero-order valence-electron chi connectivity index (χ0n) is 13.2. The molecule has 124 valence electrons. The first-order chi connectivity index (χ1) is 10.3. The molecule has 0 heterocycles. The van der Waals surface area contributed by atoms with Crippen LogP contribution in [0.25, 0.3) is 0 Å². The molecule has 22 heavy (non-hydrogen) atoms. The molecule has 0 unspecified atom stereocenters. The Hall–Kier alpha value is -1.60. The normalized spacial score (nSPS) is 12.9. The van der Waals surface area contributed by atoms with E-state index in [2.05, 4.69) is 10.0 Å². The van der Waals surface area contributed by atoms with Crippen molar-refractivity contribution in [3.05, 3.63) is 30.3 Å². The summed E-state index contributed by atoms with van der Waals surface area (Å²) in [5, 5.41) is 2.69. The third-order valence-electron chi connectivity index (χ3n) is 2.93. The molecule has 1 rings (SSSR count). The Balaban J connectivity index is 2.68. The number of carbonyl (C=O) groups excluding carboxylic acids is 1. The maximum absolute atomic E-state index is 12.2. The Bertz CT molecular complexity index is 558. The number of benzene rings is 1. The first-order valence-electron chi connectivity index (χ1n) is 7.33. The highest BCUT2D eigenvalue weighted by atomic mass is 32.2. The summed E-state index contributed by atoms with van der Waals surface area (Å²) in [7, 11) is -3.58. The van der Waals surface area contributed by atoms with E-state index in [-0.39, 0.29) is 24.1 Å². The van der Waals surface area contributed by atoms with Crippen LogP contribution >= 0.6 is 0 Å². The quantitative estimate of drug-likeness (QED) is 0.765. The minimum Gasteiger partial charge on any atom is -0.450 e. The van der Waals surface area contributed by atoms with Crippen LogP contribution in [0.5, 0.6) is 0 Å². The lowest BCUT2D eigenvalue weighted by Crippen LogP contribution is -2.44. The van der Waals surface area contributed by atoms with E-state index in [1.807, 2.05) is 13.8 Å². The molecule has 0 fully saturated rings. The van der Waals surface area contributed by atoms with E-state index >= 15 is 0 Å². The molecule has 1 aromatic rings. The Morgan fingerprint density at radius 1 is 1.23 bits per heavy atom. The minimum absolute atomic E-state index is 0.119. The van der Waals surface area contributed by atoms with Crippen LogP contribution in [0.3, 0.4) is 0 Å². The largest absolute Gasteiger partial charge is 0.450 e. The third kappa shape index (κ3) is 6.44. The van der Waals surface area contributed by atoms with E-state index in [9.17, 15) is 13.2 Å². The highest BCUT2D eigenvalue weighted by molar-refractivity contribution is 7.89. The van der Waals surface area contributed by atoms with Crippen LogP contribution in [-0.2, 0) is 14.8 Å². The smallest absolute Gasteiger partial charge is 0.407 e. The Morgan fingerprint density at radius 3 is 2.41 bits per heavy atom. The predicted octanol–water partition coefficient (Wildman–Crippen LogP) is 2.13. The average molecular weight is 328 g/mol. The number of ether oxygens (including phenoxy) is 1. The van der Waals surface area contributed by atoms with Crippen LogP contribution in [0.2, 0.25) is 0 Å². The van der Waals surface area contributed by atoms with Crippen molar-refractivity contribution in [2.45, 2.75) is 38.1 Å². The van der Waals surface area contributed by atoms with Gasteiger partial charge in [0.1, 0.15) is 0 Å². The molecular weight excluding hydrogens is 304 g/mol. The second kappa shape index (κ2) is 8.75. The number of hydrogen-bond donors (Lipinski definition) is 2. The molecule has 7 heteroatoms. The molecule has 0 aromatic heterocycles. The molecule has 0 bridgehead atoms. The summed E-state index contributed by atoms with van der Waals surface area (Å²) in [6.45, 7) is 6.12. The fourth-order valence-corrected chi connectivity index (χ4v) is 3.10. The lowest BCUT2D eigenvalue weighted by atomic mass is 10.0. The van der Waals surface area contributed by atoms with E-state index in [0.717, 1.165) is 0 Å². The number of carbonyl (C=O) groups is 1. The van der Waals surface area contributed by atoms with Crippen LogP contribution in [0.15, 0.2) is 35.2 Å². The number of amides is 1. The van der Waals surface area contributed by atoms with Gasteiger partial charge in [-0.3, -0.25) is 0 Å². The SMILES string of the molecule is CCOC(=O)N[C@H](CNS(=O)(=O)c1ccccc1)CC(C)C. The van der Waals surface area contributed by atoms with E-state index in [4.69, 9.17) is 4.74 Å². The number of sulfonamides is 1. The molecule has 1 atom stereocenters. The topological polar surface area (TPSA) is 84.5 Å². The van der Waals surface area contributed by atoms with Crippen LogP contribution in [0.4, 0.5) is 4.79 Å². The second-order valence-corrected chi connectivity index (χ2v) is 7.12. The van der Waals surface area contributed by atoms with Gasteiger partial charge in [-0.15, -0.1) is 0 Å². The lowest BCUT2D eigenvalue weighted by Gasteiger charge is -2.20. The molecule has 0 aliphatic rings. The van der Waals surface area contributed by atoms with Gasteiger partial charge in [-0.25, -0.2) is 17.9 Å². The van der Waals surface area contributed by atoms with Crippen molar-refractivity contribution in [2.24, 2.45) is 5.92 Å². The second-order valence-electron chi connectivity index (χ2n) is 5.36. The molecular formula is C15H24N2O4S. The highest BCUT2D eigenvalue weighted by Gasteiger charge is 2.19. The molecule has 0 spiro atoms. The summed E-state index contributed by atoms with van der Waals surface area (Å²) in [5.41, 5.74) is 0. The molecule has 1 amide bonds. The zero-order chi connectivity index (χ0) is 16.6. The maximum atomic E-state index is 12.2. The van der Waals surface area contributed by atoms with Crippen molar-refractivity contribution in [2.75, 3.05) is 13.2 Å². The van der Waals surface area contributed by atoms with Crippen LogP contribution in [-0.4, -0.2) is 33.7 Å². The molecule has 6 nitrogen and oxygen atoms in total. The molecule has 0 radical (unpaired) electrons. The van der Waals surface area contributed by atoms with Crippen molar-refractivity contribution in [3.63, 3.8) is 0 Å². The van der Waals surface area contributed by atoms with E-state index in [1.54, 1.807) is 25.1 Å². The van der Waals surface area contributed by atoms with Gasteiger partial charge in [0.25, 0.3) is 0 Å². The summed E-state index contributed by atoms with van der Waals surface area (Å²) in [6, 6.07) is 7.81. The summed E-state index contributed by atoms with van der Waals surface area (Å²) >= 11 is 0. The Morgan fingerprint density at radius 2 is 1.86 bits per heavy atom. The molecule has 0 saturated heterocycles. The lowest BCUT2D eigenvalue weighted by molar-refractivity contribution is 0.146.